The highest BCUT2D eigenvalue weighted by atomic mass is 16.5. The third kappa shape index (κ3) is 1.91. The van der Waals surface area contributed by atoms with E-state index in [4.69, 9.17) is 10.5 Å². The van der Waals surface area contributed by atoms with Gasteiger partial charge < -0.3 is 10.5 Å². The number of fused-ring (bicyclic) bond motifs is 1. The molecule has 0 saturated carbocycles. The summed E-state index contributed by atoms with van der Waals surface area (Å²) in [4.78, 5) is 2.49. The molecule has 1 aromatic rings. The van der Waals surface area contributed by atoms with E-state index in [2.05, 4.69) is 24.8 Å². The number of benzene rings is 1. The molecule has 3 rings (SSSR count). The molecule has 98 valence electrons. The molecule has 1 spiro atoms. The summed E-state index contributed by atoms with van der Waals surface area (Å²) in [6, 6.07) is 8.90. The fourth-order valence-electron chi connectivity index (χ4n) is 3.23. The van der Waals surface area contributed by atoms with E-state index in [1.165, 1.54) is 0 Å². The van der Waals surface area contributed by atoms with Crippen LogP contribution in [0, 0.1) is 0 Å². The molecule has 2 aliphatic rings. The van der Waals surface area contributed by atoms with Gasteiger partial charge in [0, 0.05) is 43.6 Å². The summed E-state index contributed by atoms with van der Waals surface area (Å²) >= 11 is 0. The lowest BCUT2D eigenvalue weighted by atomic mass is 9.87. The lowest BCUT2D eigenvalue weighted by Gasteiger charge is -2.39. The van der Waals surface area contributed by atoms with Crippen molar-refractivity contribution in [1.82, 2.24) is 4.90 Å². The zero-order valence-electron chi connectivity index (χ0n) is 11.2. The van der Waals surface area contributed by atoms with Gasteiger partial charge in [-0.25, -0.2) is 0 Å². The van der Waals surface area contributed by atoms with Crippen molar-refractivity contribution in [3.63, 3.8) is 0 Å². The van der Waals surface area contributed by atoms with E-state index in [1.54, 1.807) is 0 Å². The molecule has 18 heavy (non-hydrogen) atoms. The average Bonchev–Trinajstić information content (AvgIpc) is 2.73. The SMILES string of the molecule is CC(C)N1CCC2(C[C@@H](N)c3ccccc3O2)C1. The van der Waals surface area contributed by atoms with Crippen LogP contribution in [0.25, 0.3) is 0 Å². The molecule has 3 heteroatoms. The van der Waals surface area contributed by atoms with Crippen molar-refractivity contribution >= 4 is 0 Å². The van der Waals surface area contributed by atoms with Crippen LogP contribution < -0.4 is 10.5 Å². The van der Waals surface area contributed by atoms with Crippen LogP contribution >= 0.6 is 0 Å². The maximum absolute atomic E-state index is 6.32. The fraction of sp³-hybridized carbons (Fsp3) is 0.600. The Hall–Kier alpha value is -1.06. The summed E-state index contributed by atoms with van der Waals surface area (Å²) in [7, 11) is 0. The quantitative estimate of drug-likeness (QED) is 0.826. The van der Waals surface area contributed by atoms with E-state index in [1.807, 2.05) is 18.2 Å². The molecule has 1 saturated heterocycles. The van der Waals surface area contributed by atoms with Crippen molar-refractivity contribution in [2.45, 2.75) is 44.4 Å². The first-order chi connectivity index (χ1) is 8.60. The molecule has 0 radical (unpaired) electrons. The Labute approximate surface area is 109 Å². The van der Waals surface area contributed by atoms with Gasteiger partial charge in [-0.15, -0.1) is 0 Å². The topological polar surface area (TPSA) is 38.5 Å². The predicted molar refractivity (Wildman–Crippen MR) is 72.7 cm³/mol. The molecule has 1 aromatic carbocycles. The Morgan fingerprint density at radius 3 is 2.89 bits per heavy atom. The second kappa shape index (κ2) is 4.25. The number of nitrogens with zero attached hydrogens (tertiary/aromatic N) is 1. The third-order valence-electron chi connectivity index (χ3n) is 4.31. The number of para-hydroxylation sites is 1. The molecule has 2 atom stereocenters. The van der Waals surface area contributed by atoms with Crippen LogP contribution in [-0.2, 0) is 0 Å². The molecule has 2 heterocycles. The smallest absolute Gasteiger partial charge is 0.125 e. The molecule has 1 unspecified atom stereocenters. The zero-order valence-corrected chi connectivity index (χ0v) is 11.2. The van der Waals surface area contributed by atoms with Crippen LogP contribution in [0.15, 0.2) is 24.3 Å². The second-order valence-corrected chi connectivity index (χ2v) is 5.95. The summed E-state index contributed by atoms with van der Waals surface area (Å²) in [6.07, 6.45) is 2.03. The largest absolute Gasteiger partial charge is 0.485 e. The van der Waals surface area contributed by atoms with Gasteiger partial charge in [-0.05, 0) is 19.9 Å². The van der Waals surface area contributed by atoms with Gasteiger partial charge >= 0.3 is 0 Å². The molecule has 0 aliphatic carbocycles. The standard InChI is InChI=1S/C15H22N2O/c1-11(2)17-8-7-15(10-17)9-13(16)12-5-3-4-6-14(12)18-15/h3-6,11,13H,7-10,16H2,1-2H3/t13-,15?/m1/s1. The van der Waals surface area contributed by atoms with E-state index in [0.717, 1.165) is 37.2 Å². The summed E-state index contributed by atoms with van der Waals surface area (Å²) in [5.74, 6) is 0.988. The summed E-state index contributed by atoms with van der Waals surface area (Å²) in [5.41, 5.74) is 7.42. The van der Waals surface area contributed by atoms with Crippen LogP contribution in [0.4, 0.5) is 0 Å². The second-order valence-electron chi connectivity index (χ2n) is 5.95. The van der Waals surface area contributed by atoms with Gasteiger partial charge in [0.15, 0.2) is 0 Å². The first kappa shape index (κ1) is 12.0. The van der Waals surface area contributed by atoms with Crippen molar-refractivity contribution in [3.8, 4) is 5.75 Å². The van der Waals surface area contributed by atoms with Gasteiger partial charge in [0.25, 0.3) is 0 Å². The van der Waals surface area contributed by atoms with E-state index < -0.39 is 0 Å². The molecule has 0 bridgehead atoms. The number of hydrogen-bond acceptors (Lipinski definition) is 3. The van der Waals surface area contributed by atoms with E-state index in [9.17, 15) is 0 Å². The molecule has 0 aromatic heterocycles. The maximum atomic E-state index is 6.32. The minimum atomic E-state index is -0.0575. The van der Waals surface area contributed by atoms with Crippen LogP contribution in [0.5, 0.6) is 5.75 Å². The van der Waals surface area contributed by atoms with E-state index in [0.29, 0.717) is 6.04 Å². The summed E-state index contributed by atoms with van der Waals surface area (Å²) in [6.45, 7) is 6.62. The van der Waals surface area contributed by atoms with Gasteiger partial charge in [-0.3, -0.25) is 4.90 Å². The molecular formula is C15H22N2O. The van der Waals surface area contributed by atoms with Crippen LogP contribution in [-0.4, -0.2) is 29.6 Å². The number of ether oxygens (including phenoxy) is 1. The Bertz CT molecular complexity index is 446. The van der Waals surface area contributed by atoms with Crippen LogP contribution in [0.2, 0.25) is 0 Å². The number of rotatable bonds is 1. The van der Waals surface area contributed by atoms with Gasteiger partial charge in [0.05, 0.1) is 0 Å². The highest BCUT2D eigenvalue weighted by Crippen LogP contribution is 2.42. The van der Waals surface area contributed by atoms with Crippen LogP contribution in [0.1, 0.15) is 38.3 Å². The summed E-state index contributed by atoms with van der Waals surface area (Å²) < 4.78 is 6.31. The fourth-order valence-corrected chi connectivity index (χ4v) is 3.23. The van der Waals surface area contributed by atoms with Crippen molar-refractivity contribution in [1.29, 1.82) is 0 Å². The maximum Gasteiger partial charge on any atom is 0.125 e. The Balaban J connectivity index is 1.86. The molecule has 0 amide bonds. The van der Waals surface area contributed by atoms with Crippen LogP contribution in [0.3, 0.4) is 0 Å². The molecule has 3 nitrogen and oxygen atoms in total. The van der Waals surface area contributed by atoms with Gasteiger partial charge in [0.2, 0.25) is 0 Å². The highest BCUT2D eigenvalue weighted by molar-refractivity contribution is 5.39. The highest BCUT2D eigenvalue weighted by Gasteiger charge is 2.45. The monoisotopic (exact) mass is 246 g/mol. The molecule has 1 fully saturated rings. The Morgan fingerprint density at radius 2 is 2.17 bits per heavy atom. The van der Waals surface area contributed by atoms with Crippen molar-refractivity contribution in [2.75, 3.05) is 13.1 Å². The van der Waals surface area contributed by atoms with Crippen molar-refractivity contribution in [2.24, 2.45) is 5.73 Å². The molecular weight excluding hydrogens is 224 g/mol. The normalized spacial score (nSPS) is 31.7. The predicted octanol–water partition coefficient (Wildman–Crippen LogP) is 2.32. The zero-order chi connectivity index (χ0) is 12.8. The van der Waals surface area contributed by atoms with Gasteiger partial charge in [-0.1, -0.05) is 18.2 Å². The van der Waals surface area contributed by atoms with Gasteiger partial charge in [-0.2, -0.15) is 0 Å². The Kier molecular flexibility index (Phi) is 2.83. The number of likely N-dealkylation sites (tertiary alicyclic amines) is 1. The minimum absolute atomic E-state index is 0.0575. The first-order valence-corrected chi connectivity index (χ1v) is 6.87. The average molecular weight is 246 g/mol. The summed E-state index contributed by atoms with van der Waals surface area (Å²) in [5, 5.41) is 0. The first-order valence-electron chi connectivity index (χ1n) is 6.87. The van der Waals surface area contributed by atoms with Gasteiger partial charge in [0.1, 0.15) is 11.4 Å². The minimum Gasteiger partial charge on any atom is -0.485 e. The number of nitrogens with two attached hydrogens (primary N) is 1. The van der Waals surface area contributed by atoms with Crippen molar-refractivity contribution < 1.29 is 4.74 Å². The van der Waals surface area contributed by atoms with E-state index in [-0.39, 0.29) is 11.6 Å². The molecule has 2 N–H and O–H groups in total. The molecule has 2 aliphatic heterocycles. The van der Waals surface area contributed by atoms with Crippen molar-refractivity contribution in [3.05, 3.63) is 29.8 Å². The Morgan fingerprint density at radius 1 is 1.39 bits per heavy atom. The van der Waals surface area contributed by atoms with E-state index >= 15 is 0 Å². The lowest BCUT2D eigenvalue weighted by Crippen LogP contribution is -2.46. The lowest BCUT2D eigenvalue weighted by molar-refractivity contribution is 0.0409. The third-order valence-corrected chi connectivity index (χ3v) is 4.31. The number of hydrogen-bond donors (Lipinski definition) is 1.